The largest absolute Gasteiger partial charge is 0.461 e. The van der Waals surface area contributed by atoms with Crippen LogP contribution >= 0.6 is 0 Å². The number of carbonyl (C=O) groups excluding carboxylic acids is 6. The summed E-state index contributed by atoms with van der Waals surface area (Å²) >= 11 is 0. The lowest BCUT2D eigenvalue weighted by atomic mass is 10.0. The number of carbonyl (C=O) groups is 6. The van der Waals surface area contributed by atoms with Gasteiger partial charge in [-0.1, -0.05) is 48.5 Å². The first kappa shape index (κ1) is 30.3. The molecule has 0 radical (unpaired) electrons. The summed E-state index contributed by atoms with van der Waals surface area (Å²) < 4.78 is 15.6. The van der Waals surface area contributed by atoms with Crippen molar-refractivity contribution in [2.24, 2.45) is 0 Å². The van der Waals surface area contributed by atoms with E-state index in [-0.39, 0.29) is 35.5 Å². The van der Waals surface area contributed by atoms with Crippen molar-refractivity contribution in [2.75, 3.05) is 0 Å². The maximum Gasteiger partial charge on any atom is 0.302 e. The highest BCUT2D eigenvalue weighted by Gasteiger charge is 2.20. The summed E-state index contributed by atoms with van der Waals surface area (Å²) in [7, 11) is 0. The first-order valence-corrected chi connectivity index (χ1v) is 13.1. The van der Waals surface area contributed by atoms with Crippen LogP contribution in [0.25, 0.3) is 0 Å². The molecule has 0 spiro atoms. The van der Waals surface area contributed by atoms with E-state index >= 15 is 0 Å². The molecule has 0 heterocycles. The second-order valence-corrected chi connectivity index (χ2v) is 9.42. The first-order chi connectivity index (χ1) is 20.6. The van der Waals surface area contributed by atoms with Crippen molar-refractivity contribution in [3.05, 3.63) is 130 Å². The summed E-state index contributed by atoms with van der Waals surface area (Å²) in [4.78, 5) is 72.6. The van der Waals surface area contributed by atoms with Gasteiger partial charge in [-0.3, -0.25) is 28.8 Å². The molecule has 0 fully saturated rings. The Bertz CT molecular complexity index is 1540. The summed E-state index contributed by atoms with van der Waals surface area (Å²) in [5.41, 5.74) is 2.16. The molecule has 4 aromatic rings. The molecule has 0 aliphatic carbocycles. The van der Waals surface area contributed by atoms with Gasteiger partial charge >= 0.3 is 11.9 Å². The molecule has 9 heteroatoms. The highest BCUT2D eigenvalue weighted by Crippen LogP contribution is 2.23. The van der Waals surface area contributed by atoms with E-state index in [1.54, 1.807) is 24.3 Å². The van der Waals surface area contributed by atoms with E-state index in [4.69, 9.17) is 14.2 Å². The van der Waals surface area contributed by atoms with Crippen molar-refractivity contribution in [2.45, 2.75) is 27.1 Å². The van der Waals surface area contributed by atoms with Crippen LogP contribution in [0.2, 0.25) is 0 Å². The van der Waals surface area contributed by atoms with E-state index in [0.717, 1.165) is 0 Å². The number of Topliss-reactive ketones (excluding diaryl/α,β-unsaturated/α-hetero) is 4. The summed E-state index contributed by atoms with van der Waals surface area (Å²) in [5, 5.41) is 0. The van der Waals surface area contributed by atoms with E-state index in [2.05, 4.69) is 0 Å². The molecule has 43 heavy (non-hydrogen) atoms. The lowest BCUT2D eigenvalue weighted by Crippen LogP contribution is -2.14. The number of hydrogen-bond donors (Lipinski definition) is 0. The number of benzene rings is 4. The second-order valence-electron chi connectivity index (χ2n) is 9.42. The standard InChI is InChI=1S/C34H26O9/c1-21(35)41-19-23-3-7-25(8-4-23)31(37)33(39)27-11-15-29(16-12-27)43-30-17-13-28(14-18-30)34(40)32(38)26-9-5-24(6-10-26)20-42-22(2)36/h3-18H,19-20H2,1-2H3. The molecule has 0 aromatic heterocycles. The molecular weight excluding hydrogens is 552 g/mol. The van der Waals surface area contributed by atoms with Gasteiger partial charge in [0.1, 0.15) is 24.7 Å². The maximum atomic E-state index is 12.7. The number of hydrogen-bond acceptors (Lipinski definition) is 9. The Balaban J connectivity index is 1.33. The molecule has 0 N–H and O–H groups in total. The lowest BCUT2D eigenvalue weighted by Gasteiger charge is -2.08. The van der Waals surface area contributed by atoms with Crippen LogP contribution in [0.3, 0.4) is 0 Å². The van der Waals surface area contributed by atoms with Crippen LogP contribution in [0.15, 0.2) is 97.1 Å². The SMILES string of the molecule is CC(=O)OCc1ccc(C(=O)C(=O)c2ccc(Oc3ccc(C(=O)C(=O)c4ccc(COC(C)=O)cc4)cc3)cc2)cc1. The Morgan fingerprint density at radius 3 is 0.930 bits per heavy atom. The lowest BCUT2D eigenvalue weighted by molar-refractivity contribution is -0.143. The summed E-state index contributed by atoms with van der Waals surface area (Å²) in [6.45, 7) is 2.75. The van der Waals surface area contributed by atoms with Crippen LogP contribution in [0.5, 0.6) is 11.5 Å². The van der Waals surface area contributed by atoms with Gasteiger partial charge in [0, 0.05) is 36.1 Å². The predicted molar refractivity (Wildman–Crippen MR) is 154 cm³/mol. The Kier molecular flexibility index (Phi) is 9.70. The van der Waals surface area contributed by atoms with Crippen molar-refractivity contribution in [3.63, 3.8) is 0 Å². The third-order valence-electron chi connectivity index (χ3n) is 6.20. The van der Waals surface area contributed by atoms with Crippen LogP contribution in [0.4, 0.5) is 0 Å². The average Bonchev–Trinajstić information content (AvgIpc) is 3.02. The molecule has 0 aliphatic rings. The quantitative estimate of drug-likeness (QED) is 0.117. The number of ether oxygens (including phenoxy) is 3. The van der Waals surface area contributed by atoms with Crippen LogP contribution in [-0.4, -0.2) is 35.1 Å². The zero-order chi connectivity index (χ0) is 30.9. The van der Waals surface area contributed by atoms with Crippen molar-refractivity contribution in [3.8, 4) is 11.5 Å². The smallest absolute Gasteiger partial charge is 0.302 e. The molecule has 0 saturated carbocycles. The number of rotatable bonds is 12. The fraction of sp³-hybridized carbons (Fsp3) is 0.118. The van der Waals surface area contributed by atoms with Crippen LogP contribution in [0.1, 0.15) is 66.4 Å². The molecular formula is C34H26O9. The molecule has 4 aromatic carbocycles. The van der Waals surface area contributed by atoms with Crippen LogP contribution in [-0.2, 0) is 32.3 Å². The molecule has 0 bridgehead atoms. The van der Waals surface area contributed by atoms with Gasteiger partial charge < -0.3 is 14.2 Å². The van der Waals surface area contributed by atoms with E-state index in [1.165, 1.54) is 86.6 Å². The monoisotopic (exact) mass is 578 g/mol. The minimum atomic E-state index is -0.689. The zero-order valence-electron chi connectivity index (χ0n) is 23.3. The Morgan fingerprint density at radius 1 is 0.419 bits per heavy atom. The summed E-state index contributed by atoms with van der Waals surface area (Å²) in [5.74, 6) is -2.79. The van der Waals surface area contributed by atoms with E-state index in [1.807, 2.05) is 0 Å². The third kappa shape index (κ3) is 8.17. The van der Waals surface area contributed by atoms with Gasteiger partial charge in [-0.2, -0.15) is 0 Å². The molecule has 0 atom stereocenters. The normalized spacial score (nSPS) is 10.4. The molecule has 0 saturated heterocycles. The van der Waals surface area contributed by atoms with Gasteiger partial charge in [-0.15, -0.1) is 0 Å². The molecule has 0 aliphatic heterocycles. The molecule has 0 unspecified atom stereocenters. The minimum absolute atomic E-state index is 0.0754. The third-order valence-corrected chi connectivity index (χ3v) is 6.20. The van der Waals surface area contributed by atoms with E-state index in [0.29, 0.717) is 22.6 Å². The zero-order valence-corrected chi connectivity index (χ0v) is 23.3. The Labute approximate surface area is 247 Å². The van der Waals surface area contributed by atoms with Gasteiger partial charge in [0.25, 0.3) is 0 Å². The van der Waals surface area contributed by atoms with Gasteiger partial charge in [-0.25, -0.2) is 0 Å². The van der Waals surface area contributed by atoms with Crippen molar-refractivity contribution in [1.82, 2.24) is 0 Å². The molecule has 0 amide bonds. The second kappa shape index (κ2) is 13.8. The molecule has 4 rings (SSSR count). The van der Waals surface area contributed by atoms with Crippen LogP contribution in [0, 0.1) is 0 Å². The average molecular weight is 579 g/mol. The van der Waals surface area contributed by atoms with Crippen molar-refractivity contribution in [1.29, 1.82) is 0 Å². The Hall–Kier alpha value is -5.70. The highest BCUT2D eigenvalue weighted by molar-refractivity contribution is 6.49. The topological polar surface area (TPSA) is 130 Å². The summed E-state index contributed by atoms with van der Waals surface area (Å²) in [6, 6.07) is 24.5. The molecule has 9 nitrogen and oxygen atoms in total. The fourth-order valence-corrected chi connectivity index (χ4v) is 3.88. The van der Waals surface area contributed by atoms with E-state index in [9.17, 15) is 28.8 Å². The van der Waals surface area contributed by atoms with Crippen molar-refractivity contribution < 1.29 is 43.0 Å². The van der Waals surface area contributed by atoms with Crippen LogP contribution < -0.4 is 4.74 Å². The minimum Gasteiger partial charge on any atom is -0.461 e. The van der Waals surface area contributed by atoms with E-state index < -0.39 is 35.1 Å². The number of esters is 2. The maximum absolute atomic E-state index is 12.7. The summed E-state index contributed by atoms with van der Waals surface area (Å²) in [6.07, 6.45) is 0. The van der Waals surface area contributed by atoms with Gasteiger partial charge in [0.15, 0.2) is 0 Å². The predicted octanol–water partition coefficient (Wildman–Crippen LogP) is 5.74. The van der Waals surface area contributed by atoms with Crippen molar-refractivity contribution >= 4 is 35.1 Å². The molecule has 216 valence electrons. The van der Waals surface area contributed by atoms with Gasteiger partial charge in [-0.05, 0) is 59.7 Å². The van der Waals surface area contributed by atoms with Gasteiger partial charge in [0.2, 0.25) is 23.1 Å². The highest BCUT2D eigenvalue weighted by atomic mass is 16.5. The number of ketones is 4. The van der Waals surface area contributed by atoms with Gasteiger partial charge in [0.05, 0.1) is 0 Å². The Morgan fingerprint density at radius 2 is 0.674 bits per heavy atom. The fourth-order valence-electron chi connectivity index (χ4n) is 3.88. The first-order valence-electron chi connectivity index (χ1n) is 13.1.